The summed E-state index contributed by atoms with van der Waals surface area (Å²) in [5.41, 5.74) is -1.34. The van der Waals surface area contributed by atoms with E-state index in [0.717, 1.165) is 6.07 Å². The van der Waals surface area contributed by atoms with Crippen LogP contribution >= 0.6 is 11.8 Å². The van der Waals surface area contributed by atoms with E-state index in [2.05, 4.69) is 10.0 Å². The summed E-state index contributed by atoms with van der Waals surface area (Å²) in [5.74, 6) is -0.830. The molecule has 0 saturated carbocycles. The predicted molar refractivity (Wildman–Crippen MR) is 79.3 cm³/mol. The molecule has 0 aliphatic carbocycles. The summed E-state index contributed by atoms with van der Waals surface area (Å²) in [6.07, 6.45) is 0.613. The molecular formula is C12H16N2O6S2. The number of nitrogens with one attached hydrogen (secondary N) is 2. The van der Waals surface area contributed by atoms with Crippen LogP contribution in [0.5, 0.6) is 0 Å². The number of hydrogen-bond acceptors (Lipinski definition) is 6. The maximum Gasteiger partial charge on any atom is 0.329 e. The van der Waals surface area contributed by atoms with Gasteiger partial charge in [-0.2, -0.15) is 11.8 Å². The number of rotatable bonds is 5. The largest absolute Gasteiger partial charge is 0.480 e. The minimum atomic E-state index is -3.79. The molecule has 22 heavy (non-hydrogen) atoms. The second kappa shape index (κ2) is 6.31. The lowest BCUT2D eigenvalue weighted by atomic mass is 9.92. The van der Waals surface area contributed by atoms with Crippen LogP contribution < -0.4 is 10.0 Å². The van der Waals surface area contributed by atoms with Gasteiger partial charge in [-0.15, -0.1) is 0 Å². The van der Waals surface area contributed by atoms with E-state index in [4.69, 9.17) is 4.42 Å². The van der Waals surface area contributed by atoms with Crippen molar-refractivity contribution in [3.8, 4) is 0 Å². The highest BCUT2D eigenvalue weighted by Gasteiger charge is 2.42. The first-order chi connectivity index (χ1) is 10.3. The summed E-state index contributed by atoms with van der Waals surface area (Å²) in [6.45, 7) is 0. The molecular weight excluding hydrogens is 332 g/mol. The van der Waals surface area contributed by atoms with Crippen molar-refractivity contribution in [3.05, 3.63) is 17.9 Å². The van der Waals surface area contributed by atoms with Crippen molar-refractivity contribution in [2.75, 3.05) is 18.6 Å². The summed E-state index contributed by atoms with van der Waals surface area (Å²) in [6, 6.07) is 2.34. The molecule has 1 fully saturated rings. The number of hydrogen-bond donors (Lipinski definition) is 3. The quantitative estimate of drug-likeness (QED) is 0.697. The molecule has 1 aromatic rings. The van der Waals surface area contributed by atoms with E-state index in [1.54, 1.807) is 11.8 Å². The molecule has 10 heteroatoms. The number of thioether (sulfide) groups is 1. The lowest BCUT2D eigenvalue weighted by Crippen LogP contribution is -2.56. The molecule has 2 rings (SSSR count). The van der Waals surface area contributed by atoms with Gasteiger partial charge in [-0.05, 0) is 43.5 Å². The Morgan fingerprint density at radius 2 is 1.95 bits per heavy atom. The molecule has 1 saturated heterocycles. The van der Waals surface area contributed by atoms with Gasteiger partial charge in [0.1, 0.15) is 5.54 Å². The zero-order valence-electron chi connectivity index (χ0n) is 11.8. The molecule has 3 N–H and O–H groups in total. The van der Waals surface area contributed by atoms with Gasteiger partial charge in [0.05, 0.1) is 0 Å². The summed E-state index contributed by atoms with van der Waals surface area (Å²) in [7, 11) is -2.57. The van der Waals surface area contributed by atoms with Crippen molar-refractivity contribution < 1.29 is 27.5 Å². The van der Waals surface area contributed by atoms with Gasteiger partial charge >= 0.3 is 5.97 Å². The standard InChI is InChI=1S/C12H16N2O6S2/c1-13-22(18,19)9-3-2-8(20-9)10(15)14-12(11(16)17)4-6-21-7-5-12/h2-3,13H,4-7H2,1H3,(H,14,15)(H,16,17). The van der Waals surface area contributed by atoms with E-state index >= 15 is 0 Å². The van der Waals surface area contributed by atoms with Crippen LogP contribution in [-0.4, -0.2) is 49.5 Å². The van der Waals surface area contributed by atoms with Crippen molar-refractivity contribution in [3.63, 3.8) is 0 Å². The molecule has 0 bridgehead atoms. The SMILES string of the molecule is CNS(=O)(=O)c1ccc(C(=O)NC2(C(=O)O)CCSCC2)o1. The van der Waals surface area contributed by atoms with Gasteiger partial charge in [-0.25, -0.2) is 17.9 Å². The van der Waals surface area contributed by atoms with E-state index in [1.165, 1.54) is 13.1 Å². The zero-order valence-corrected chi connectivity index (χ0v) is 13.4. The highest BCUT2D eigenvalue weighted by atomic mass is 32.2. The highest BCUT2D eigenvalue weighted by Crippen LogP contribution is 2.28. The van der Waals surface area contributed by atoms with Crippen LogP contribution in [0.1, 0.15) is 23.4 Å². The van der Waals surface area contributed by atoms with Crippen molar-refractivity contribution >= 4 is 33.7 Å². The van der Waals surface area contributed by atoms with Gasteiger partial charge < -0.3 is 14.8 Å². The van der Waals surface area contributed by atoms with Gasteiger partial charge in [-0.1, -0.05) is 0 Å². The van der Waals surface area contributed by atoms with Crippen molar-refractivity contribution in [2.24, 2.45) is 0 Å². The topological polar surface area (TPSA) is 126 Å². The molecule has 1 aromatic heterocycles. The van der Waals surface area contributed by atoms with Crippen molar-refractivity contribution in [1.82, 2.24) is 10.0 Å². The number of amides is 1. The van der Waals surface area contributed by atoms with Crippen LogP contribution in [0.25, 0.3) is 0 Å². The molecule has 0 unspecified atom stereocenters. The van der Waals surface area contributed by atoms with Crippen molar-refractivity contribution in [1.29, 1.82) is 0 Å². The fourth-order valence-corrected chi connectivity index (χ4v) is 3.92. The third-order valence-corrected chi connectivity index (χ3v) is 5.72. The Morgan fingerprint density at radius 1 is 1.32 bits per heavy atom. The second-order valence-electron chi connectivity index (χ2n) is 4.78. The second-order valence-corrected chi connectivity index (χ2v) is 7.82. The van der Waals surface area contributed by atoms with Crippen LogP contribution in [0.2, 0.25) is 0 Å². The van der Waals surface area contributed by atoms with Crippen LogP contribution in [0.4, 0.5) is 0 Å². The maximum absolute atomic E-state index is 12.2. The number of sulfonamides is 1. The zero-order chi connectivity index (χ0) is 16.4. The number of carboxylic acid groups (broad SMARTS) is 1. The molecule has 0 spiro atoms. The average molecular weight is 348 g/mol. The Balaban J connectivity index is 2.20. The lowest BCUT2D eigenvalue weighted by molar-refractivity contribution is -0.144. The maximum atomic E-state index is 12.2. The summed E-state index contributed by atoms with van der Waals surface area (Å²) >= 11 is 1.62. The Hall–Kier alpha value is -1.52. The summed E-state index contributed by atoms with van der Waals surface area (Å²) in [5, 5.41) is 11.5. The summed E-state index contributed by atoms with van der Waals surface area (Å²) < 4.78 is 30.2. The van der Waals surface area contributed by atoms with Gasteiger partial charge in [0.2, 0.25) is 5.09 Å². The molecule has 0 atom stereocenters. The van der Waals surface area contributed by atoms with Crippen molar-refractivity contribution in [2.45, 2.75) is 23.5 Å². The van der Waals surface area contributed by atoms with Gasteiger partial charge in [-0.3, -0.25) is 4.79 Å². The number of aliphatic carboxylic acids is 1. The van der Waals surface area contributed by atoms with E-state index < -0.39 is 32.5 Å². The molecule has 0 radical (unpaired) electrons. The minimum absolute atomic E-state index is 0.243. The fraction of sp³-hybridized carbons (Fsp3) is 0.500. The smallest absolute Gasteiger partial charge is 0.329 e. The van der Waals surface area contributed by atoms with Gasteiger partial charge in [0.15, 0.2) is 5.76 Å². The number of carbonyl (C=O) groups is 2. The predicted octanol–water partition coefficient (Wildman–Crippen LogP) is 0.268. The Labute approximate surface area is 131 Å². The monoisotopic (exact) mass is 348 g/mol. The van der Waals surface area contributed by atoms with Gasteiger partial charge in [0.25, 0.3) is 15.9 Å². The summed E-state index contributed by atoms with van der Waals surface area (Å²) in [4.78, 5) is 23.7. The van der Waals surface area contributed by atoms with E-state index in [9.17, 15) is 23.1 Å². The molecule has 122 valence electrons. The average Bonchev–Trinajstić information content (AvgIpc) is 2.99. The van der Waals surface area contributed by atoms with Crippen LogP contribution in [0.3, 0.4) is 0 Å². The first-order valence-corrected chi connectivity index (χ1v) is 9.11. The Morgan fingerprint density at radius 3 is 2.50 bits per heavy atom. The first kappa shape index (κ1) is 16.8. The third-order valence-electron chi connectivity index (χ3n) is 3.45. The van der Waals surface area contributed by atoms with E-state index in [-0.39, 0.29) is 5.76 Å². The van der Waals surface area contributed by atoms with E-state index in [0.29, 0.717) is 24.3 Å². The minimum Gasteiger partial charge on any atom is -0.480 e. The first-order valence-electron chi connectivity index (χ1n) is 6.48. The number of carboxylic acids is 1. The van der Waals surface area contributed by atoms with Crippen LogP contribution in [0, 0.1) is 0 Å². The Bertz CT molecular complexity index is 676. The molecule has 0 aromatic carbocycles. The number of carbonyl (C=O) groups excluding carboxylic acids is 1. The highest BCUT2D eigenvalue weighted by molar-refractivity contribution is 7.99. The normalized spacial score (nSPS) is 17.9. The van der Waals surface area contributed by atoms with E-state index in [1.807, 2.05) is 0 Å². The lowest BCUT2D eigenvalue weighted by Gasteiger charge is -2.33. The van der Waals surface area contributed by atoms with Gasteiger partial charge in [0, 0.05) is 0 Å². The molecule has 8 nitrogen and oxygen atoms in total. The fourth-order valence-electron chi connectivity index (χ4n) is 2.08. The van der Waals surface area contributed by atoms with Crippen LogP contribution in [0.15, 0.2) is 21.6 Å². The molecule has 2 heterocycles. The molecule has 1 aliphatic rings. The molecule has 1 aliphatic heterocycles. The van der Waals surface area contributed by atoms with Crippen LogP contribution in [-0.2, 0) is 14.8 Å². The third kappa shape index (κ3) is 3.28. The molecule has 1 amide bonds. The Kier molecular flexibility index (Phi) is 4.83. The number of furan rings is 1.